The maximum Gasteiger partial charge on any atom is 0.307 e. The number of carbonyl (C=O) groups is 1. The van der Waals surface area contributed by atoms with E-state index in [1.165, 1.54) is 12.8 Å². The van der Waals surface area contributed by atoms with E-state index in [1.807, 2.05) is 0 Å². The van der Waals surface area contributed by atoms with E-state index in [1.54, 1.807) is 0 Å². The summed E-state index contributed by atoms with van der Waals surface area (Å²) in [7, 11) is 0. The lowest BCUT2D eigenvalue weighted by Crippen LogP contribution is -2.23. The topological polar surface area (TPSA) is 63.3 Å². The maximum atomic E-state index is 10.6. The van der Waals surface area contributed by atoms with E-state index < -0.39 is 5.97 Å². The summed E-state index contributed by atoms with van der Waals surface area (Å²) in [6, 6.07) is 0. The van der Waals surface area contributed by atoms with Crippen LogP contribution in [0.15, 0.2) is 0 Å². The van der Waals surface area contributed by atoms with Gasteiger partial charge in [-0.2, -0.15) is 0 Å². The summed E-state index contributed by atoms with van der Waals surface area (Å²) < 4.78 is 0. The third kappa shape index (κ3) is 5.64. The van der Waals surface area contributed by atoms with E-state index in [0.717, 1.165) is 6.42 Å². The highest BCUT2D eigenvalue weighted by Gasteiger charge is 2.15. The molecule has 3 nitrogen and oxygen atoms in total. The molecule has 78 valence electrons. The predicted octanol–water partition coefficient (Wildman–Crippen LogP) is 1.86. The molecule has 0 aromatic heterocycles. The molecule has 0 rings (SSSR count). The molecule has 0 heterocycles. The van der Waals surface area contributed by atoms with Crippen LogP contribution in [0.2, 0.25) is 0 Å². The normalized spacial score (nSPS) is 15.3. The second kappa shape index (κ2) is 6.89. The SMILES string of the molecule is CCCC(C)CC[C@@H](CN)C(=O)O. The Balaban J connectivity index is 3.65. The fourth-order valence-electron chi connectivity index (χ4n) is 1.46. The van der Waals surface area contributed by atoms with Gasteiger partial charge in [-0.25, -0.2) is 0 Å². The van der Waals surface area contributed by atoms with Gasteiger partial charge in [-0.15, -0.1) is 0 Å². The van der Waals surface area contributed by atoms with Crippen LogP contribution in [0.1, 0.15) is 39.5 Å². The average Bonchev–Trinajstić information content (AvgIpc) is 2.05. The molecular formula is C10H21NO2. The first-order valence-electron chi connectivity index (χ1n) is 5.04. The summed E-state index contributed by atoms with van der Waals surface area (Å²) in [5, 5.41) is 8.74. The Morgan fingerprint density at radius 3 is 2.38 bits per heavy atom. The van der Waals surface area contributed by atoms with E-state index in [-0.39, 0.29) is 12.5 Å². The monoisotopic (exact) mass is 187 g/mol. The van der Waals surface area contributed by atoms with Crippen molar-refractivity contribution in [1.82, 2.24) is 0 Å². The van der Waals surface area contributed by atoms with Gasteiger partial charge in [0.25, 0.3) is 0 Å². The maximum absolute atomic E-state index is 10.6. The molecule has 0 bridgehead atoms. The molecule has 0 aromatic carbocycles. The molecule has 0 aromatic rings. The third-order valence-electron chi connectivity index (χ3n) is 2.42. The number of hydrogen-bond acceptors (Lipinski definition) is 2. The number of nitrogens with two attached hydrogens (primary N) is 1. The minimum absolute atomic E-state index is 0.258. The van der Waals surface area contributed by atoms with Crippen molar-refractivity contribution >= 4 is 5.97 Å². The summed E-state index contributed by atoms with van der Waals surface area (Å²) in [6.45, 7) is 4.57. The first-order valence-corrected chi connectivity index (χ1v) is 5.04. The van der Waals surface area contributed by atoms with Gasteiger partial charge < -0.3 is 10.8 Å². The van der Waals surface area contributed by atoms with Crippen molar-refractivity contribution in [3.8, 4) is 0 Å². The number of hydrogen-bond donors (Lipinski definition) is 2. The number of carboxylic acid groups (broad SMARTS) is 1. The fraction of sp³-hybridized carbons (Fsp3) is 0.900. The molecule has 0 fully saturated rings. The van der Waals surface area contributed by atoms with Gasteiger partial charge in [-0.1, -0.05) is 26.7 Å². The van der Waals surface area contributed by atoms with Gasteiger partial charge in [0.05, 0.1) is 5.92 Å². The Morgan fingerprint density at radius 2 is 2.00 bits per heavy atom. The lowest BCUT2D eigenvalue weighted by Gasteiger charge is -2.13. The molecular weight excluding hydrogens is 166 g/mol. The summed E-state index contributed by atoms with van der Waals surface area (Å²) in [5.41, 5.74) is 5.35. The van der Waals surface area contributed by atoms with Crippen LogP contribution in [0.5, 0.6) is 0 Å². The third-order valence-corrected chi connectivity index (χ3v) is 2.42. The lowest BCUT2D eigenvalue weighted by atomic mass is 9.94. The molecule has 0 saturated carbocycles. The molecule has 0 aliphatic carbocycles. The van der Waals surface area contributed by atoms with E-state index in [0.29, 0.717) is 12.3 Å². The highest BCUT2D eigenvalue weighted by atomic mass is 16.4. The van der Waals surface area contributed by atoms with Crippen LogP contribution >= 0.6 is 0 Å². The fourth-order valence-corrected chi connectivity index (χ4v) is 1.46. The van der Waals surface area contributed by atoms with Crippen LogP contribution in [0.4, 0.5) is 0 Å². The van der Waals surface area contributed by atoms with Crippen LogP contribution in [-0.2, 0) is 4.79 Å². The van der Waals surface area contributed by atoms with Gasteiger partial charge in [0.1, 0.15) is 0 Å². The Kier molecular flexibility index (Phi) is 6.59. The lowest BCUT2D eigenvalue weighted by molar-refractivity contribution is -0.141. The second-order valence-corrected chi connectivity index (χ2v) is 3.74. The summed E-state index contributed by atoms with van der Waals surface area (Å²) in [6.07, 6.45) is 4.04. The molecule has 13 heavy (non-hydrogen) atoms. The van der Waals surface area contributed by atoms with Crippen molar-refractivity contribution < 1.29 is 9.90 Å². The second-order valence-electron chi connectivity index (χ2n) is 3.74. The van der Waals surface area contributed by atoms with Gasteiger partial charge in [0.15, 0.2) is 0 Å². The van der Waals surface area contributed by atoms with Gasteiger partial charge in [0, 0.05) is 6.54 Å². The van der Waals surface area contributed by atoms with Crippen molar-refractivity contribution in [3.05, 3.63) is 0 Å². The number of rotatable bonds is 7. The largest absolute Gasteiger partial charge is 0.481 e. The zero-order valence-corrected chi connectivity index (χ0v) is 8.62. The standard InChI is InChI=1S/C10H21NO2/c1-3-4-8(2)5-6-9(7-11)10(12)13/h8-9H,3-7,11H2,1-2H3,(H,12,13)/t8?,9-/m0/s1. The first-order chi connectivity index (χ1) is 6.11. The van der Waals surface area contributed by atoms with Crippen molar-refractivity contribution in [1.29, 1.82) is 0 Å². The van der Waals surface area contributed by atoms with Crippen molar-refractivity contribution in [3.63, 3.8) is 0 Å². The molecule has 2 atom stereocenters. The number of carboxylic acids is 1. The Morgan fingerprint density at radius 1 is 1.38 bits per heavy atom. The Labute approximate surface area is 80.3 Å². The van der Waals surface area contributed by atoms with Crippen LogP contribution in [-0.4, -0.2) is 17.6 Å². The molecule has 3 N–H and O–H groups in total. The van der Waals surface area contributed by atoms with E-state index in [4.69, 9.17) is 10.8 Å². The van der Waals surface area contributed by atoms with Crippen LogP contribution in [0, 0.1) is 11.8 Å². The van der Waals surface area contributed by atoms with Gasteiger partial charge >= 0.3 is 5.97 Å². The molecule has 0 aliphatic rings. The molecule has 0 aliphatic heterocycles. The average molecular weight is 187 g/mol. The van der Waals surface area contributed by atoms with Crippen molar-refractivity contribution in [2.75, 3.05) is 6.54 Å². The van der Waals surface area contributed by atoms with Crippen LogP contribution in [0.3, 0.4) is 0 Å². The molecule has 0 spiro atoms. The molecule has 1 unspecified atom stereocenters. The summed E-state index contributed by atoms with van der Waals surface area (Å²) >= 11 is 0. The van der Waals surface area contributed by atoms with E-state index in [9.17, 15) is 4.79 Å². The first kappa shape index (κ1) is 12.4. The Hall–Kier alpha value is -0.570. The molecule has 3 heteroatoms. The minimum Gasteiger partial charge on any atom is -0.481 e. The zero-order chi connectivity index (χ0) is 10.3. The van der Waals surface area contributed by atoms with E-state index in [2.05, 4.69) is 13.8 Å². The van der Waals surface area contributed by atoms with Gasteiger partial charge in [0.2, 0.25) is 0 Å². The smallest absolute Gasteiger partial charge is 0.307 e. The van der Waals surface area contributed by atoms with Crippen molar-refractivity contribution in [2.24, 2.45) is 17.6 Å². The highest BCUT2D eigenvalue weighted by Crippen LogP contribution is 2.16. The Bertz CT molecular complexity index is 148. The summed E-state index contributed by atoms with van der Waals surface area (Å²) in [5.74, 6) is -0.482. The van der Waals surface area contributed by atoms with E-state index >= 15 is 0 Å². The predicted molar refractivity (Wildman–Crippen MR) is 53.5 cm³/mol. The molecule has 0 amide bonds. The van der Waals surface area contributed by atoms with Gasteiger partial charge in [-0.3, -0.25) is 4.79 Å². The molecule has 0 radical (unpaired) electrons. The molecule has 0 saturated heterocycles. The highest BCUT2D eigenvalue weighted by molar-refractivity contribution is 5.70. The van der Waals surface area contributed by atoms with Gasteiger partial charge in [-0.05, 0) is 18.8 Å². The quantitative estimate of drug-likeness (QED) is 0.639. The van der Waals surface area contributed by atoms with Crippen molar-refractivity contribution in [2.45, 2.75) is 39.5 Å². The number of aliphatic carboxylic acids is 1. The van der Waals surface area contributed by atoms with Crippen LogP contribution in [0.25, 0.3) is 0 Å². The zero-order valence-electron chi connectivity index (χ0n) is 8.62. The van der Waals surface area contributed by atoms with Crippen LogP contribution < -0.4 is 5.73 Å². The summed E-state index contributed by atoms with van der Waals surface area (Å²) in [4.78, 5) is 10.6. The minimum atomic E-state index is -0.758.